The molecule has 1 aromatic carbocycles. The fraction of sp³-hybridized carbons (Fsp3) is 0.167. The van der Waals surface area contributed by atoms with E-state index in [0.29, 0.717) is 16.8 Å². The van der Waals surface area contributed by atoms with E-state index in [1.54, 1.807) is 0 Å². The molecule has 2 N–H and O–H groups in total. The van der Waals surface area contributed by atoms with Gasteiger partial charge >= 0.3 is 10.1 Å². The van der Waals surface area contributed by atoms with Crippen LogP contribution in [0.1, 0.15) is 11.3 Å². The van der Waals surface area contributed by atoms with Crippen LogP contribution in [-0.2, 0) is 17.4 Å². The van der Waals surface area contributed by atoms with Gasteiger partial charge in [0.05, 0.1) is 26.8 Å². The van der Waals surface area contributed by atoms with Crippen LogP contribution in [0.25, 0.3) is 5.69 Å². The third-order valence-electron chi connectivity index (χ3n) is 2.93. The Morgan fingerprint density at radius 1 is 1.19 bits per heavy atom. The Balaban J connectivity index is 2.72. The molecule has 1 atom stereocenters. The van der Waals surface area contributed by atoms with Crippen LogP contribution in [0.2, 0.25) is 10.0 Å². The normalized spacial score (nSPS) is 13.5. The number of benzene rings is 1. The van der Waals surface area contributed by atoms with Crippen LogP contribution in [-0.4, -0.2) is 18.3 Å². The summed E-state index contributed by atoms with van der Waals surface area (Å²) in [5, 5.41) is 11.7. The van der Waals surface area contributed by atoms with Gasteiger partial charge in [-0.1, -0.05) is 23.2 Å². The highest BCUT2D eigenvalue weighted by molar-refractivity contribution is 7.95. The van der Waals surface area contributed by atoms with Crippen molar-refractivity contribution >= 4 is 63.4 Å². The summed E-state index contributed by atoms with van der Waals surface area (Å²) in [6.45, 7) is 0. The number of nitrogens with two attached hydrogens (primary N) is 1. The van der Waals surface area contributed by atoms with Crippen LogP contribution in [0.3, 0.4) is 0 Å². The van der Waals surface area contributed by atoms with Gasteiger partial charge in [-0.2, -0.15) is 22.8 Å². The van der Waals surface area contributed by atoms with E-state index in [2.05, 4.69) is 5.10 Å². The van der Waals surface area contributed by atoms with Crippen LogP contribution in [0.4, 0.5) is 23.4 Å². The van der Waals surface area contributed by atoms with Gasteiger partial charge in [0.15, 0.2) is 5.82 Å². The van der Waals surface area contributed by atoms with Crippen molar-refractivity contribution in [2.75, 3.05) is 5.73 Å². The van der Waals surface area contributed by atoms with Gasteiger partial charge in [0.25, 0.3) is 0 Å². The molecular weight excluding hydrogens is 466 g/mol. The van der Waals surface area contributed by atoms with Crippen molar-refractivity contribution in [2.45, 2.75) is 15.0 Å². The van der Waals surface area contributed by atoms with E-state index >= 15 is 0 Å². The Morgan fingerprint density at radius 2 is 1.69 bits per heavy atom. The zero-order valence-electron chi connectivity index (χ0n) is 11.9. The van der Waals surface area contributed by atoms with Gasteiger partial charge in [-0.15, -0.1) is 5.10 Å². The van der Waals surface area contributed by atoms with E-state index in [1.807, 2.05) is 0 Å². The third kappa shape index (κ3) is 3.93. The van der Waals surface area contributed by atoms with E-state index in [0.717, 1.165) is 0 Å². The molecule has 14 heteroatoms. The number of halogens is 8. The molecule has 1 heterocycles. The third-order valence-corrected chi connectivity index (χ3v) is 5.54. The molecule has 0 saturated carbocycles. The van der Waals surface area contributed by atoms with E-state index in [4.69, 9.17) is 57.4 Å². The zero-order valence-corrected chi connectivity index (χ0v) is 15.8. The number of anilines is 1. The van der Waals surface area contributed by atoms with Gasteiger partial charge in [0, 0.05) is 0 Å². The molecule has 0 amide bonds. The van der Waals surface area contributed by atoms with Crippen molar-refractivity contribution in [3.8, 4) is 11.8 Å². The van der Waals surface area contributed by atoms with Crippen molar-refractivity contribution < 1.29 is 22.1 Å². The van der Waals surface area contributed by atoms with Crippen molar-refractivity contribution in [1.29, 1.82) is 5.26 Å². The van der Waals surface area contributed by atoms with E-state index < -0.39 is 53.3 Å². The molecule has 0 aliphatic heterocycles. The molecule has 1 aromatic heterocycles. The number of aromatic nitrogens is 2. The van der Waals surface area contributed by atoms with Gasteiger partial charge in [-0.25, -0.2) is 4.68 Å². The minimum Gasteiger partial charge on any atom is -0.607 e. The SMILES string of the molecule is N#Cc1nn(-c2c(Cl)cc(C(F)(F)F)cc2Cl)c(N)c1[S+]([O-])C(F)(Cl)Cl. The summed E-state index contributed by atoms with van der Waals surface area (Å²) >= 11 is 19.1. The molecule has 26 heavy (non-hydrogen) atoms. The van der Waals surface area contributed by atoms with Crippen molar-refractivity contribution in [3.05, 3.63) is 33.4 Å². The van der Waals surface area contributed by atoms with Gasteiger partial charge in [-0.3, -0.25) is 0 Å². The number of hydrogen-bond acceptors (Lipinski definition) is 4. The summed E-state index contributed by atoms with van der Waals surface area (Å²) in [5.41, 5.74) is 3.59. The smallest absolute Gasteiger partial charge is 0.423 e. The highest BCUT2D eigenvalue weighted by Crippen LogP contribution is 2.42. The second-order valence-electron chi connectivity index (χ2n) is 4.59. The average Bonchev–Trinajstić information content (AvgIpc) is 2.80. The van der Waals surface area contributed by atoms with Crippen molar-refractivity contribution in [1.82, 2.24) is 9.78 Å². The molecule has 2 rings (SSSR count). The fourth-order valence-corrected chi connectivity index (χ4v) is 3.77. The summed E-state index contributed by atoms with van der Waals surface area (Å²) < 4.78 is 61.4. The number of nitrogens with zero attached hydrogens (tertiary/aromatic N) is 3. The first-order valence-corrected chi connectivity index (χ1v) is 8.79. The first kappa shape index (κ1) is 21.2. The second-order valence-corrected chi connectivity index (χ2v) is 8.59. The molecule has 0 fully saturated rings. The van der Waals surface area contributed by atoms with Crippen molar-refractivity contribution in [3.63, 3.8) is 0 Å². The molecule has 0 saturated heterocycles. The first-order valence-electron chi connectivity index (χ1n) is 6.12. The predicted molar refractivity (Wildman–Crippen MR) is 89.7 cm³/mol. The summed E-state index contributed by atoms with van der Waals surface area (Å²) in [7, 11) is 0. The summed E-state index contributed by atoms with van der Waals surface area (Å²) in [4.78, 5) is -0.660. The molecule has 1 unspecified atom stereocenters. The molecule has 0 aliphatic carbocycles. The Hall–Kier alpha value is -1.09. The van der Waals surface area contributed by atoms with Gasteiger partial charge in [0.2, 0.25) is 10.6 Å². The summed E-state index contributed by atoms with van der Waals surface area (Å²) in [6, 6.07) is 2.60. The lowest BCUT2D eigenvalue weighted by Crippen LogP contribution is -2.22. The minimum absolute atomic E-state index is 0.341. The van der Waals surface area contributed by atoms with Crippen LogP contribution < -0.4 is 5.73 Å². The monoisotopic (exact) mass is 468 g/mol. The van der Waals surface area contributed by atoms with Gasteiger partial charge < -0.3 is 10.3 Å². The summed E-state index contributed by atoms with van der Waals surface area (Å²) in [5.74, 6) is -0.591. The van der Waals surface area contributed by atoms with Crippen LogP contribution in [0, 0.1) is 11.3 Å². The maximum Gasteiger partial charge on any atom is 0.423 e. The number of nitriles is 1. The molecule has 5 nitrogen and oxygen atoms in total. The van der Waals surface area contributed by atoms with E-state index in [9.17, 15) is 22.1 Å². The van der Waals surface area contributed by atoms with Crippen LogP contribution >= 0.6 is 46.4 Å². The predicted octanol–water partition coefficient (Wildman–Crippen LogP) is 4.82. The number of hydrogen-bond donors (Lipinski definition) is 1. The Bertz CT molecular complexity index is 883. The van der Waals surface area contributed by atoms with Gasteiger partial charge in [-0.05, 0) is 35.3 Å². The fourth-order valence-electron chi connectivity index (χ4n) is 1.89. The largest absolute Gasteiger partial charge is 0.607 e. The highest BCUT2D eigenvalue weighted by atomic mass is 35.5. The highest BCUT2D eigenvalue weighted by Gasteiger charge is 2.45. The number of rotatable bonds is 3. The molecule has 0 aliphatic rings. The quantitative estimate of drug-likeness (QED) is 0.396. The number of nitrogen functional groups attached to an aromatic ring is 1. The second kappa shape index (κ2) is 7.14. The molecule has 140 valence electrons. The standard InChI is InChI=1S/C12H4Cl4F4N4OS/c13-5-1-4(11(17,18)19)2-6(14)8(5)24-10(22)9(7(3-21)23-24)26(25)12(15,16)20/h1-2H,22H2. The molecule has 2 aromatic rings. The minimum atomic E-state index is -4.73. The Labute approximate surface area is 166 Å². The summed E-state index contributed by atoms with van der Waals surface area (Å²) in [6.07, 6.45) is -4.73. The lowest BCUT2D eigenvalue weighted by atomic mass is 10.2. The average molecular weight is 470 g/mol. The van der Waals surface area contributed by atoms with E-state index in [-0.39, 0.29) is 5.69 Å². The Morgan fingerprint density at radius 3 is 2.08 bits per heavy atom. The first-order chi connectivity index (χ1) is 11.8. The molecule has 0 radical (unpaired) electrons. The van der Waals surface area contributed by atoms with Crippen molar-refractivity contribution in [2.24, 2.45) is 0 Å². The number of alkyl halides is 6. The molecule has 0 bridgehead atoms. The van der Waals surface area contributed by atoms with Crippen LogP contribution in [0.15, 0.2) is 17.0 Å². The lowest BCUT2D eigenvalue weighted by Gasteiger charge is -2.15. The van der Waals surface area contributed by atoms with E-state index in [1.165, 1.54) is 6.07 Å². The maximum atomic E-state index is 13.6. The lowest BCUT2D eigenvalue weighted by molar-refractivity contribution is -0.137. The molecular formula is C12H4Cl4F4N4OS. The van der Waals surface area contributed by atoms with Crippen LogP contribution in [0.5, 0.6) is 0 Å². The Kier molecular flexibility index (Phi) is 5.83. The zero-order chi connectivity index (χ0) is 20.0. The van der Waals surface area contributed by atoms with Gasteiger partial charge in [0.1, 0.15) is 11.8 Å². The molecule has 0 spiro atoms. The topological polar surface area (TPSA) is 90.7 Å². The maximum absolute atomic E-state index is 13.6.